The Bertz CT molecular complexity index is 324. The van der Waals surface area contributed by atoms with Crippen molar-refractivity contribution in [2.24, 2.45) is 5.92 Å². The van der Waals surface area contributed by atoms with E-state index in [1.54, 1.807) is 6.33 Å². The topological polar surface area (TPSA) is 55.0 Å². The van der Waals surface area contributed by atoms with Crippen LogP contribution in [0.1, 0.15) is 17.8 Å². The summed E-state index contributed by atoms with van der Waals surface area (Å²) >= 11 is 0. The van der Waals surface area contributed by atoms with E-state index in [9.17, 15) is 4.79 Å². The predicted molar refractivity (Wildman–Crippen MR) is 53.4 cm³/mol. The molecule has 1 aliphatic carbocycles. The summed E-state index contributed by atoms with van der Waals surface area (Å²) < 4.78 is 4.70. The normalized spacial score (nSPS) is 19.4. The van der Waals surface area contributed by atoms with Gasteiger partial charge in [0.05, 0.1) is 25.0 Å². The van der Waals surface area contributed by atoms with E-state index in [2.05, 4.69) is 9.97 Å². The second-order valence-electron chi connectivity index (χ2n) is 3.29. The van der Waals surface area contributed by atoms with Crippen molar-refractivity contribution in [2.45, 2.75) is 19.3 Å². The van der Waals surface area contributed by atoms with Crippen LogP contribution in [0.3, 0.4) is 0 Å². The molecule has 2 rings (SSSR count). The molecule has 0 amide bonds. The Morgan fingerprint density at radius 1 is 1.71 bits per heavy atom. The number of hydrogen-bond donors (Lipinski definition) is 1. The van der Waals surface area contributed by atoms with Gasteiger partial charge in [0.25, 0.3) is 0 Å². The molecule has 1 unspecified atom stereocenters. The van der Waals surface area contributed by atoms with Crippen LogP contribution in [0.2, 0.25) is 0 Å². The summed E-state index contributed by atoms with van der Waals surface area (Å²) in [6.07, 6.45) is 4.16. The fraction of sp³-hybridized carbons (Fsp3) is 0.556. The number of aromatic amines is 1. The molecule has 5 heteroatoms. The summed E-state index contributed by atoms with van der Waals surface area (Å²) in [5.74, 6) is -0.116. The molecule has 0 radical (unpaired) electrons. The standard InChI is InChI=1S/C9H12N2O2.ClH/c1-13-9(12)6-2-3-7-8(4-6)11-5-10-7;/h5-6H,2-4H2,1H3,(H,10,11);1H. The van der Waals surface area contributed by atoms with Gasteiger partial charge in [-0.3, -0.25) is 4.79 Å². The summed E-state index contributed by atoms with van der Waals surface area (Å²) in [5, 5.41) is 0. The Balaban J connectivity index is 0.000000980. The molecule has 14 heavy (non-hydrogen) atoms. The van der Waals surface area contributed by atoms with Gasteiger partial charge in [0.1, 0.15) is 0 Å². The van der Waals surface area contributed by atoms with Crippen LogP contribution in [0, 0.1) is 5.92 Å². The van der Waals surface area contributed by atoms with E-state index < -0.39 is 0 Å². The zero-order chi connectivity index (χ0) is 9.26. The highest BCUT2D eigenvalue weighted by molar-refractivity contribution is 5.85. The van der Waals surface area contributed by atoms with Crippen LogP contribution in [-0.4, -0.2) is 23.0 Å². The third-order valence-corrected chi connectivity index (χ3v) is 2.52. The van der Waals surface area contributed by atoms with Crippen molar-refractivity contribution >= 4 is 18.4 Å². The van der Waals surface area contributed by atoms with Gasteiger partial charge >= 0.3 is 5.97 Å². The van der Waals surface area contributed by atoms with Crippen molar-refractivity contribution in [1.82, 2.24) is 9.97 Å². The molecule has 0 aromatic carbocycles. The van der Waals surface area contributed by atoms with Crippen LogP contribution in [0.5, 0.6) is 0 Å². The van der Waals surface area contributed by atoms with E-state index in [4.69, 9.17) is 4.74 Å². The maximum Gasteiger partial charge on any atom is 0.309 e. The van der Waals surface area contributed by atoms with E-state index in [1.165, 1.54) is 12.8 Å². The fourth-order valence-corrected chi connectivity index (χ4v) is 1.76. The first-order valence-corrected chi connectivity index (χ1v) is 4.40. The molecule has 0 bridgehead atoms. The van der Waals surface area contributed by atoms with Gasteiger partial charge in [0.2, 0.25) is 0 Å². The Morgan fingerprint density at radius 3 is 3.21 bits per heavy atom. The molecule has 78 valence electrons. The number of carbonyl (C=O) groups is 1. The van der Waals surface area contributed by atoms with Gasteiger partial charge in [0, 0.05) is 12.1 Å². The molecule has 4 nitrogen and oxygen atoms in total. The number of aromatic nitrogens is 2. The van der Waals surface area contributed by atoms with Gasteiger partial charge in [-0.2, -0.15) is 0 Å². The number of ether oxygens (including phenoxy) is 1. The molecular formula is C9H13ClN2O2. The SMILES string of the molecule is COC(=O)C1CCc2[nH]cnc2C1.Cl. The van der Waals surface area contributed by atoms with Gasteiger partial charge in [0.15, 0.2) is 0 Å². The summed E-state index contributed by atoms with van der Waals surface area (Å²) in [6.45, 7) is 0. The minimum atomic E-state index is -0.117. The van der Waals surface area contributed by atoms with Crippen molar-refractivity contribution in [2.75, 3.05) is 7.11 Å². The molecule has 1 aromatic heterocycles. The Morgan fingerprint density at radius 2 is 2.50 bits per heavy atom. The molecule has 1 aromatic rings. The van der Waals surface area contributed by atoms with Gasteiger partial charge in [-0.05, 0) is 12.8 Å². The van der Waals surface area contributed by atoms with E-state index in [-0.39, 0.29) is 24.3 Å². The third kappa shape index (κ3) is 1.90. The van der Waals surface area contributed by atoms with Crippen LogP contribution in [0.25, 0.3) is 0 Å². The van der Waals surface area contributed by atoms with Crippen LogP contribution in [-0.2, 0) is 22.4 Å². The van der Waals surface area contributed by atoms with Gasteiger partial charge in [-0.1, -0.05) is 0 Å². The summed E-state index contributed by atoms with van der Waals surface area (Å²) in [7, 11) is 1.43. The number of nitrogens with one attached hydrogen (secondary N) is 1. The molecule has 0 spiro atoms. The van der Waals surface area contributed by atoms with Gasteiger partial charge in [-0.15, -0.1) is 12.4 Å². The number of methoxy groups -OCH3 is 1. The number of hydrogen-bond acceptors (Lipinski definition) is 3. The molecule has 0 saturated heterocycles. The minimum Gasteiger partial charge on any atom is -0.469 e. The maximum atomic E-state index is 11.2. The van der Waals surface area contributed by atoms with Crippen molar-refractivity contribution < 1.29 is 9.53 Å². The Hall–Kier alpha value is -1.03. The number of H-pyrrole nitrogens is 1. The molecule has 1 N–H and O–H groups in total. The lowest BCUT2D eigenvalue weighted by Crippen LogP contribution is -2.23. The quantitative estimate of drug-likeness (QED) is 0.716. The third-order valence-electron chi connectivity index (χ3n) is 2.52. The predicted octanol–water partition coefficient (Wildman–Crippen LogP) is 1.11. The van der Waals surface area contributed by atoms with E-state index in [0.717, 1.165) is 18.5 Å². The summed E-state index contributed by atoms with van der Waals surface area (Å²) in [4.78, 5) is 18.5. The fourth-order valence-electron chi connectivity index (χ4n) is 1.76. The van der Waals surface area contributed by atoms with E-state index >= 15 is 0 Å². The molecule has 0 saturated carbocycles. The van der Waals surface area contributed by atoms with Gasteiger partial charge in [-0.25, -0.2) is 4.98 Å². The Kier molecular flexibility index (Phi) is 3.52. The monoisotopic (exact) mass is 216 g/mol. The largest absolute Gasteiger partial charge is 0.469 e. The smallest absolute Gasteiger partial charge is 0.309 e. The number of carbonyl (C=O) groups excluding carboxylic acids is 1. The molecule has 1 heterocycles. The number of nitrogens with zero attached hydrogens (tertiary/aromatic N) is 1. The second kappa shape index (κ2) is 4.46. The van der Waals surface area contributed by atoms with Crippen LogP contribution < -0.4 is 0 Å². The average molecular weight is 217 g/mol. The number of fused-ring (bicyclic) bond motifs is 1. The van der Waals surface area contributed by atoms with Crippen molar-refractivity contribution in [3.05, 3.63) is 17.7 Å². The van der Waals surface area contributed by atoms with Crippen LogP contribution in [0.4, 0.5) is 0 Å². The molecule has 0 aliphatic heterocycles. The molecule has 0 fully saturated rings. The van der Waals surface area contributed by atoms with E-state index in [0.29, 0.717) is 6.42 Å². The number of rotatable bonds is 1. The lowest BCUT2D eigenvalue weighted by Gasteiger charge is -2.18. The first-order valence-electron chi connectivity index (χ1n) is 4.40. The highest BCUT2D eigenvalue weighted by atomic mass is 35.5. The van der Waals surface area contributed by atoms with Crippen molar-refractivity contribution in [3.8, 4) is 0 Å². The molecule has 1 aliphatic rings. The second-order valence-corrected chi connectivity index (χ2v) is 3.29. The highest BCUT2D eigenvalue weighted by Gasteiger charge is 2.26. The first-order chi connectivity index (χ1) is 6.31. The molecular weight excluding hydrogens is 204 g/mol. The lowest BCUT2D eigenvalue weighted by atomic mass is 9.90. The minimum absolute atomic E-state index is 0. The van der Waals surface area contributed by atoms with Gasteiger partial charge < -0.3 is 9.72 Å². The lowest BCUT2D eigenvalue weighted by molar-refractivity contribution is -0.145. The van der Waals surface area contributed by atoms with Crippen LogP contribution in [0.15, 0.2) is 6.33 Å². The Labute approximate surface area is 88.5 Å². The van der Waals surface area contributed by atoms with Crippen LogP contribution >= 0.6 is 12.4 Å². The number of halogens is 1. The highest BCUT2D eigenvalue weighted by Crippen LogP contribution is 2.23. The zero-order valence-electron chi connectivity index (χ0n) is 7.95. The number of aryl methyl sites for hydroxylation is 1. The van der Waals surface area contributed by atoms with Crippen molar-refractivity contribution in [3.63, 3.8) is 0 Å². The summed E-state index contributed by atoms with van der Waals surface area (Å²) in [6, 6.07) is 0. The number of imidazole rings is 1. The summed E-state index contributed by atoms with van der Waals surface area (Å²) in [5.41, 5.74) is 2.18. The van der Waals surface area contributed by atoms with Crippen molar-refractivity contribution in [1.29, 1.82) is 0 Å². The van der Waals surface area contributed by atoms with E-state index in [1.807, 2.05) is 0 Å². The number of esters is 1. The first kappa shape index (κ1) is 11.0. The maximum absolute atomic E-state index is 11.2. The molecule has 1 atom stereocenters. The zero-order valence-corrected chi connectivity index (χ0v) is 8.76. The average Bonchev–Trinajstić information content (AvgIpc) is 2.63.